The highest BCUT2D eigenvalue weighted by Gasteiger charge is 2.57. The molecule has 2 heterocycles. The topological polar surface area (TPSA) is 124 Å². The minimum absolute atomic E-state index is 0.0417. The number of ether oxygens (including phenoxy) is 1. The average Bonchev–Trinajstić information content (AvgIpc) is 3.71. The number of benzene rings is 2. The van der Waals surface area contributed by atoms with E-state index in [1.165, 1.54) is 11.3 Å². The van der Waals surface area contributed by atoms with E-state index in [1.54, 1.807) is 30.4 Å². The van der Waals surface area contributed by atoms with E-state index in [4.69, 9.17) is 9.57 Å². The van der Waals surface area contributed by atoms with Crippen LogP contribution in [0.3, 0.4) is 0 Å². The van der Waals surface area contributed by atoms with Gasteiger partial charge in [-0.3, -0.25) is 14.4 Å². The van der Waals surface area contributed by atoms with Crippen molar-refractivity contribution in [1.29, 1.82) is 0 Å². The van der Waals surface area contributed by atoms with Crippen LogP contribution in [0.5, 0.6) is 5.75 Å². The van der Waals surface area contributed by atoms with Crippen LogP contribution in [0.1, 0.15) is 61.3 Å². The van der Waals surface area contributed by atoms with Gasteiger partial charge in [0.1, 0.15) is 17.9 Å². The molecule has 12 heteroatoms. The van der Waals surface area contributed by atoms with Gasteiger partial charge in [0.15, 0.2) is 0 Å². The minimum Gasteiger partial charge on any atom is -0.496 e. The Morgan fingerprint density at radius 2 is 1.94 bits per heavy atom. The largest absolute Gasteiger partial charge is 0.496 e. The zero-order valence-electron chi connectivity index (χ0n) is 31.2. The number of aliphatic hydroxyl groups excluding tert-OH is 2. The molecule has 1 aliphatic heterocycles. The van der Waals surface area contributed by atoms with Crippen molar-refractivity contribution in [3.05, 3.63) is 68.3 Å². The van der Waals surface area contributed by atoms with Crippen LogP contribution >= 0.6 is 27.3 Å². The van der Waals surface area contributed by atoms with Crippen LogP contribution < -0.4 is 20.3 Å². The summed E-state index contributed by atoms with van der Waals surface area (Å²) >= 11 is 5.16. The highest BCUT2D eigenvalue weighted by atomic mass is 79.9. The van der Waals surface area contributed by atoms with Crippen LogP contribution in [-0.2, 0) is 22.6 Å². The lowest BCUT2D eigenvalue weighted by Crippen LogP contribution is -2.62. The summed E-state index contributed by atoms with van der Waals surface area (Å²) in [6, 6.07) is 14.9. The molecule has 282 valence electrons. The molecule has 1 saturated heterocycles. The van der Waals surface area contributed by atoms with Gasteiger partial charge >= 0.3 is 0 Å². The standard InChI is InChI=1S/C40H53BrN4O6S/c1-22-31-18-27(40(31,3)4)19-32(22)43-39(49)36-35(23(2)47)33(21-46)51-45(36)20-24-9-8-10-30(37(24)50-7)25-15-26(17-28(16-25)44(5)6)38(48)42-14-13-29-11-12-34(41)52-29/h8-12,15-17,22-23,27,31-33,35-36,46-47H,13-14,18-21H2,1-7H3,(H,42,48)(H,43,49)/t22-,23-,27-,31-,32-,33-,35-,36-/m0/s1. The summed E-state index contributed by atoms with van der Waals surface area (Å²) in [6.07, 6.45) is 1.23. The van der Waals surface area contributed by atoms with E-state index < -0.39 is 24.2 Å². The molecule has 52 heavy (non-hydrogen) atoms. The quantitative estimate of drug-likeness (QED) is 0.169. The molecule has 8 atom stereocenters. The van der Waals surface area contributed by atoms with Gasteiger partial charge in [0, 0.05) is 59.9 Å². The van der Waals surface area contributed by atoms with Crippen molar-refractivity contribution >= 4 is 44.8 Å². The van der Waals surface area contributed by atoms with E-state index in [0.717, 1.165) is 39.0 Å². The van der Waals surface area contributed by atoms with E-state index in [1.807, 2.05) is 61.5 Å². The number of anilines is 1. The first kappa shape index (κ1) is 38.7. The highest BCUT2D eigenvalue weighted by Crippen LogP contribution is 2.61. The van der Waals surface area contributed by atoms with E-state index in [2.05, 4.69) is 53.4 Å². The predicted octanol–water partition coefficient (Wildman–Crippen LogP) is 5.89. The molecule has 0 spiro atoms. The molecule has 2 amide bonds. The number of thiophene rings is 1. The first-order chi connectivity index (χ1) is 24.7. The van der Waals surface area contributed by atoms with Crippen molar-refractivity contribution in [3.63, 3.8) is 0 Å². The maximum atomic E-state index is 14.2. The molecule has 4 N–H and O–H groups in total. The average molecular weight is 798 g/mol. The van der Waals surface area contributed by atoms with Crippen molar-refractivity contribution in [3.8, 4) is 16.9 Å². The van der Waals surface area contributed by atoms with Crippen LogP contribution in [0.25, 0.3) is 11.1 Å². The van der Waals surface area contributed by atoms with Crippen molar-refractivity contribution in [2.24, 2.45) is 29.1 Å². The Hall–Kier alpha value is -3.00. The maximum absolute atomic E-state index is 14.2. The maximum Gasteiger partial charge on any atom is 0.251 e. The number of halogens is 1. The Labute approximate surface area is 320 Å². The second-order valence-electron chi connectivity index (χ2n) is 15.6. The van der Waals surface area contributed by atoms with Crippen LogP contribution in [0.4, 0.5) is 5.69 Å². The number of amides is 2. The number of carbonyl (C=O) groups is 2. The number of nitrogens with zero attached hydrogens (tertiary/aromatic N) is 2. The number of hydroxylamine groups is 2. The van der Waals surface area contributed by atoms with Gasteiger partial charge in [-0.25, -0.2) is 0 Å². The molecule has 7 rings (SSSR count). The van der Waals surface area contributed by atoms with Crippen LogP contribution in [0, 0.1) is 29.1 Å². The second kappa shape index (κ2) is 15.8. The smallest absolute Gasteiger partial charge is 0.251 e. The summed E-state index contributed by atoms with van der Waals surface area (Å²) in [6.45, 7) is 8.91. The molecule has 3 aliphatic carbocycles. The third-order valence-corrected chi connectivity index (χ3v) is 13.7. The second-order valence-corrected chi connectivity index (χ2v) is 18.2. The summed E-state index contributed by atoms with van der Waals surface area (Å²) in [4.78, 5) is 37.1. The van der Waals surface area contributed by atoms with Gasteiger partial charge in [-0.15, -0.1) is 11.3 Å². The Morgan fingerprint density at radius 3 is 2.56 bits per heavy atom. The van der Waals surface area contributed by atoms with E-state index in [0.29, 0.717) is 35.6 Å². The number of methoxy groups -OCH3 is 1. The van der Waals surface area contributed by atoms with Gasteiger partial charge in [0.25, 0.3) is 5.91 Å². The highest BCUT2D eigenvalue weighted by molar-refractivity contribution is 9.11. The number of fused-ring (bicyclic) bond motifs is 2. The SMILES string of the molecule is COc1c(CN2O[C@@H](CO)[C@H]([C@H](C)O)[C@H]2C(=O)N[C@H]2C[C@@H]3C[C@@H]([C@@H]2C)C3(C)C)cccc1-c1cc(C(=O)NCCc2ccc(Br)s2)cc(N(C)C)c1. The third kappa shape index (κ3) is 7.65. The molecule has 3 aromatic rings. The molecule has 4 fully saturated rings. The van der Waals surface area contributed by atoms with E-state index in [-0.39, 0.29) is 36.4 Å². The lowest BCUT2D eigenvalue weighted by atomic mass is 9.45. The number of aliphatic hydroxyl groups is 2. The summed E-state index contributed by atoms with van der Waals surface area (Å²) in [5.74, 6) is 1.05. The lowest BCUT2D eigenvalue weighted by molar-refractivity contribution is -0.183. The van der Waals surface area contributed by atoms with Gasteiger partial charge in [-0.1, -0.05) is 39.0 Å². The molecular formula is C40H53BrN4O6S. The monoisotopic (exact) mass is 796 g/mol. The summed E-state index contributed by atoms with van der Waals surface area (Å²) in [5.41, 5.74) is 4.03. The lowest BCUT2D eigenvalue weighted by Gasteiger charge is -2.62. The van der Waals surface area contributed by atoms with E-state index >= 15 is 0 Å². The van der Waals surface area contributed by atoms with Gasteiger partial charge < -0.3 is 30.5 Å². The molecule has 2 bridgehead atoms. The molecule has 3 saturated carbocycles. The molecule has 10 nitrogen and oxygen atoms in total. The molecule has 4 aliphatic rings. The number of para-hydroxylation sites is 1. The van der Waals surface area contributed by atoms with Crippen molar-refractivity contribution in [2.75, 3.05) is 39.3 Å². The van der Waals surface area contributed by atoms with Gasteiger partial charge in [-0.2, -0.15) is 5.06 Å². The minimum atomic E-state index is -0.896. The molecule has 2 aromatic carbocycles. The Morgan fingerprint density at radius 1 is 1.17 bits per heavy atom. The fourth-order valence-corrected chi connectivity index (χ4v) is 10.4. The first-order valence-corrected chi connectivity index (χ1v) is 19.9. The number of carbonyl (C=O) groups excluding carboxylic acids is 2. The first-order valence-electron chi connectivity index (χ1n) is 18.3. The summed E-state index contributed by atoms with van der Waals surface area (Å²) in [7, 11) is 5.48. The van der Waals surface area contributed by atoms with Gasteiger partial charge in [-0.05, 0) is 101 Å². The molecule has 1 aromatic heterocycles. The number of nitrogens with one attached hydrogen (secondary N) is 2. The van der Waals surface area contributed by atoms with Crippen molar-refractivity contribution < 1.29 is 29.4 Å². The Kier molecular flexibility index (Phi) is 11.7. The fraction of sp³-hybridized carbons (Fsp3) is 0.550. The van der Waals surface area contributed by atoms with Crippen LogP contribution in [-0.4, -0.2) is 85.7 Å². The number of rotatable bonds is 13. The zero-order valence-corrected chi connectivity index (χ0v) is 33.6. The summed E-state index contributed by atoms with van der Waals surface area (Å²) in [5, 5.41) is 29.3. The molecular weight excluding hydrogens is 744 g/mol. The van der Waals surface area contributed by atoms with Gasteiger partial charge in [0.05, 0.1) is 30.2 Å². The third-order valence-electron chi connectivity index (χ3n) is 12.0. The van der Waals surface area contributed by atoms with Crippen LogP contribution in [0.2, 0.25) is 0 Å². The molecule has 0 unspecified atom stereocenters. The zero-order chi connectivity index (χ0) is 37.5. The number of hydrogen-bond acceptors (Lipinski definition) is 9. The summed E-state index contributed by atoms with van der Waals surface area (Å²) < 4.78 is 7.12. The Bertz CT molecular complexity index is 1760. The normalized spacial score (nSPS) is 27.1. The van der Waals surface area contributed by atoms with Crippen molar-refractivity contribution in [2.45, 2.75) is 77.8 Å². The van der Waals surface area contributed by atoms with E-state index in [9.17, 15) is 19.8 Å². The molecule has 0 radical (unpaired) electrons. The van der Waals surface area contributed by atoms with Crippen LogP contribution in [0.15, 0.2) is 52.3 Å². The van der Waals surface area contributed by atoms with Gasteiger partial charge in [0.2, 0.25) is 5.91 Å². The Balaban J connectivity index is 1.26. The predicted molar refractivity (Wildman–Crippen MR) is 208 cm³/mol. The number of hydrogen-bond donors (Lipinski definition) is 4. The van der Waals surface area contributed by atoms with Crippen molar-refractivity contribution in [1.82, 2.24) is 15.7 Å². The fourth-order valence-electron chi connectivity index (χ4n) is 8.87.